The molecule has 1 aromatic heterocycles. The first-order valence-corrected chi connectivity index (χ1v) is 10.4. The van der Waals surface area contributed by atoms with E-state index < -0.39 is 0 Å². The maximum absolute atomic E-state index is 5.85. The van der Waals surface area contributed by atoms with Crippen molar-refractivity contribution in [3.8, 4) is 0 Å². The Morgan fingerprint density at radius 1 is 1.15 bits per heavy atom. The highest BCUT2D eigenvalue weighted by Gasteiger charge is 2.38. The van der Waals surface area contributed by atoms with Crippen LogP contribution in [0.2, 0.25) is 0 Å². The Kier molecular flexibility index (Phi) is 7.60. The predicted octanol–water partition coefficient (Wildman–Crippen LogP) is 3.02. The van der Waals surface area contributed by atoms with Crippen LogP contribution < -0.4 is 10.6 Å². The number of piperidine rings is 1. The molecule has 1 saturated heterocycles. The molecule has 1 fully saturated rings. The molecule has 0 atom stereocenters. The average Bonchev–Trinajstić information content (AvgIpc) is 2.51. The van der Waals surface area contributed by atoms with Crippen molar-refractivity contribution in [1.82, 2.24) is 25.4 Å². The Hall–Kier alpha value is -1.24. The monoisotopic (exact) mass is 391 g/mol. The van der Waals surface area contributed by atoms with Crippen molar-refractivity contribution >= 4 is 17.3 Å². The van der Waals surface area contributed by atoms with Crippen molar-refractivity contribution in [3.63, 3.8) is 0 Å². The highest BCUT2D eigenvalue weighted by Crippen LogP contribution is 2.28. The molecule has 0 spiro atoms. The highest BCUT2D eigenvalue weighted by atomic mass is 32.1. The van der Waals surface area contributed by atoms with Crippen LogP contribution >= 0.6 is 12.2 Å². The minimum absolute atomic E-state index is 0.107. The second kappa shape index (κ2) is 9.30. The highest BCUT2D eigenvalue weighted by molar-refractivity contribution is 7.80. The number of rotatable bonds is 7. The van der Waals surface area contributed by atoms with Gasteiger partial charge in [0.25, 0.3) is 0 Å². The number of nitrogens with zero attached hydrogens (tertiary/aromatic N) is 3. The van der Waals surface area contributed by atoms with E-state index in [-0.39, 0.29) is 11.1 Å². The summed E-state index contributed by atoms with van der Waals surface area (Å²) in [6, 6.07) is 4.52. The molecular weight excluding hydrogens is 354 g/mol. The van der Waals surface area contributed by atoms with Gasteiger partial charge in [-0.25, -0.2) is 0 Å². The van der Waals surface area contributed by atoms with Crippen LogP contribution in [0.3, 0.4) is 0 Å². The lowest BCUT2D eigenvalue weighted by molar-refractivity contribution is 0.153. The first-order chi connectivity index (χ1) is 12.6. The number of hydrogen-bond donors (Lipinski definition) is 2. The van der Waals surface area contributed by atoms with Crippen molar-refractivity contribution < 1.29 is 0 Å². The van der Waals surface area contributed by atoms with E-state index >= 15 is 0 Å². The Labute approximate surface area is 170 Å². The van der Waals surface area contributed by atoms with Gasteiger partial charge in [-0.2, -0.15) is 0 Å². The molecule has 2 heterocycles. The van der Waals surface area contributed by atoms with Crippen LogP contribution in [0.5, 0.6) is 0 Å². The van der Waals surface area contributed by atoms with Gasteiger partial charge in [-0.1, -0.05) is 0 Å². The quantitative estimate of drug-likeness (QED) is 0.697. The van der Waals surface area contributed by atoms with Gasteiger partial charge >= 0.3 is 0 Å². The summed E-state index contributed by atoms with van der Waals surface area (Å²) < 4.78 is 0. The summed E-state index contributed by atoms with van der Waals surface area (Å²) in [5.41, 5.74) is 1.45. The molecule has 0 saturated carbocycles. The van der Waals surface area contributed by atoms with Crippen LogP contribution in [0.4, 0.5) is 0 Å². The number of hydrogen-bond acceptors (Lipinski definition) is 4. The minimum Gasteiger partial charge on any atom is -0.360 e. The van der Waals surface area contributed by atoms with E-state index in [1.54, 1.807) is 0 Å². The van der Waals surface area contributed by atoms with Crippen LogP contribution in [0.25, 0.3) is 0 Å². The molecule has 1 aliphatic rings. The first kappa shape index (κ1) is 22.1. The maximum atomic E-state index is 5.85. The van der Waals surface area contributed by atoms with Gasteiger partial charge in [0.05, 0.1) is 0 Å². The van der Waals surface area contributed by atoms with E-state index in [0.29, 0.717) is 6.04 Å². The average molecular weight is 392 g/mol. The molecule has 0 aromatic carbocycles. The third-order valence-electron chi connectivity index (χ3n) is 4.96. The molecule has 0 bridgehead atoms. The topological polar surface area (TPSA) is 43.4 Å². The van der Waals surface area contributed by atoms with Crippen LogP contribution in [-0.2, 0) is 6.54 Å². The fourth-order valence-electron chi connectivity index (χ4n) is 4.23. The lowest BCUT2D eigenvalue weighted by Crippen LogP contribution is -2.62. The Balaban J connectivity index is 2.03. The number of pyridine rings is 1. The summed E-state index contributed by atoms with van der Waals surface area (Å²) in [7, 11) is 4.23. The standard InChI is InChI=1S/C21H37N5S/c1-20(2)14-18(15-21(3,4)24-20)23-19(27)26(13-7-12-25(5)6)16-17-8-10-22-11-9-17/h8-11,18,24H,7,12-16H2,1-6H3,(H,23,27). The molecule has 0 amide bonds. The van der Waals surface area contributed by atoms with Crippen molar-refractivity contribution in [1.29, 1.82) is 0 Å². The molecule has 2 rings (SSSR count). The number of nitrogens with one attached hydrogen (secondary N) is 2. The SMILES string of the molecule is CN(C)CCCN(Cc1ccncc1)C(=S)NC1CC(C)(C)NC(C)(C)C1. The Morgan fingerprint density at radius 2 is 1.74 bits per heavy atom. The van der Waals surface area contributed by atoms with Gasteiger partial charge in [0.1, 0.15) is 0 Å². The van der Waals surface area contributed by atoms with Crippen molar-refractivity contribution in [2.24, 2.45) is 0 Å². The van der Waals surface area contributed by atoms with Crippen LogP contribution in [-0.4, -0.2) is 64.2 Å². The van der Waals surface area contributed by atoms with Crippen LogP contribution in [0, 0.1) is 0 Å². The van der Waals surface area contributed by atoms with Gasteiger partial charge in [-0.15, -0.1) is 0 Å². The molecule has 0 aliphatic carbocycles. The summed E-state index contributed by atoms with van der Waals surface area (Å²) in [4.78, 5) is 8.65. The normalized spacial score (nSPS) is 19.1. The maximum Gasteiger partial charge on any atom is 0.169 e. The van der Waals surface area contributed by atoms with Crippen molar-refractivity contribution in [2.75, 3.05) is 27.2 Å². The number of thiocarbonyl (C=S) groups is 1. The van der Waals surface area contributed by atoms with E-state index in [9.17, 15) is 0 Å². The van der Waals surface area contributed by atoms with Crippen molar-refractivity contribution in [3.05, 3.63) is 30.1 Å². The summed E-state index contributed by atoms with van der Waals surface area (Å²) in [6.45, 7) is 11.9. The molecule has 1 aromatic rings. The van der Waals surface area contributed by atoms with Crippen LogP contribution in [0.1, 0.15) is 52.5 Å². The lowest BCUT2D eigenvalue weighted by Gasteiger charge is -2.47. The zero-order chi connectivity index (χ0) is 20.1. The van der Waals surface area contributed by atoms with Gasteiger partial charge < -0.3 is 20.4 Å². The molecule has 27 heavy (non-hydrogen) atoms. The fraction of sp³-hybridized carbons (Fsp3) is 0.714. The molecule has 5 nitrogen and oxygen atoms in total. The summed E-state index contributed by atoms with van der Waals surface area (Å²) in [5, 5.41) is 8.28. The third-order valence-corrected chi connectivity index (χ3v) is 5.34. The largest absolute Gasteiger partial charge is 0.360 e. The molecule has 0 radical (unpaired) electrons. The molecule has 1 aliphatic heterocycles. The lowest BCUT2D eigenvalue weighted by atomic mass is 9.80. The van der Waals surface area contributed by atoms with Gasteiger partial charge in [-0.05, 0) is 97.5 Å². The van der Waals surface area contributed by atoms with E-state index in [0.717, 1.165) is 44.0 Å². The summed E-state index contributed by atoms with van der Waals surface area (Å²) in [6.07, 6.45) is 6.92. The van der Waals surface area contributed by atoms with Gasteiger partial charge in [0.2, 0.25) is 0 Å². The van der Waals surface area contributed by atoms with E-state index in [1.807, 2.05) is 12.4 Å². The minimum atomic E-state index is 0.107. The van der Waals surface area contributed by atoms with E-state index in [2.05, 4.69) is 79.3 Å². The summed E-state index contributed by atoms with van der Waals surface area (Å²) in [5.74, 6) is 0. The van der Waals surface area contributed by atoms with Gasteiger partial charge in [0.15, 0.2) is 5.11 Å². The Bertz CT molecular complexity index is 584. The predicted molar refractivity (Wildman–Crippen MR) is 118 cm³/mol. The number of aromatic nitrogens is 1. The second-order valence-corrected chi connectivity index (χ2v) is 9.77. The van der Waals surface area contributed by atoms with Gasteiger partial charge in [0, 0.05) is 42.6 Å². The smallest absolute Gasteiger partial charge is 0.169 e. The zero-order valence-electron chi connectivity index (χ0n) is 17.9. The summed E-state index contributed by atoms with van der Waals surface area (Å²) >= 11 is 5.85. The van der Waals surface area contributed by atoms with Gasteiger partial charge in [-0.3, -0.25) is 4.98 Å². The Morgan fingerprint density at radius 3 is 2.30 bits per heavy atom. The molecule has 6 heteroatoms. The third kappa shape index (κ3) is 7.72. The molecular formula is C21H37N5S. The molecule has 152 valence electrons. The zero-order valence-corrected chi connectivity index (χ0v) is 18.7. The van der Waals surface area contributed by atoms with Crippen LogP contribution in [0.15, 0.2) is 24.5 Å². The molecule has 2 N–H and O–H groups in total. The van der Waals surface area contributed by atoms with Crippen molar-refractivity contribution in [2.45, 2.75) is 70.6 Å². The first-order valence-electron chi connectivity index (χ1n) is 9.95. The van der Waals surface area contributed by atoms with E-state index in [4.69, 9.17) is 12.2 Å². The fourth-order valence-corrected chi connectivity index (χ4v) is 4.55. The molecule has 0 unspecified atom stereocenters. The van der Waals surface area contributed by atoms with E-state index in [1.165, 1.54) is 5.56 Å². The second-order valence-electron chi connectivity index (χ2n) is 9.38.